The van der Waals surface area contributed by atoms with E-state index in [9.17, 15) is 9.59 Å². The lowest BCUT2D eigenvalue weighted by atomic mass is 10.0. The zero-order valence-corrected chi connectivity index (χ0v) is 18.3. The van der Waals surface area contributed by atoms with Crippen LogP contribution in [0.3, 0.4) is 0 Å². The minimum atomic E-state index is -0.458. The summed E-state index contributed by atoms with van der Waals surface area (Å²) in [7, 11) is 1.69. The number of carbonyl (C=O) groups is 2. The summed E-state index contributed by atoms with van der Waals surface area (Å²) in [5.41, 5.74) is 3.20. The van der Waals surface area contributed by atoms with Crippen molar-refractivity contribution in [3.8, 4) is 11.1 Å². The number of aromatic nitrogens is 4. The van der Waals surface area contributed by atoms with Gasteiger partial charge < -0.3 is 16.0 Å². The Kier molecular flexibility index (Phi) is 6.88. The van der Waals surface area contributed by atoms with E-state index in [0.29, 0.717) is 10.6 Å². The summed E-state index contributed by atoms with van der Waals surface area (Å²) in [6.45, 7) is 5.46. The number of rotatable bonds is 6. The first-order chi connectivity index (χ1) is 14.8. The van der Waals surface area contributed by atoms with Crippen LogP contribution >= 0.6 is 11.6 Å². The van der Waals surface area contributed by atoms with Gasteiger partial charge in [0.15, 0.2) is 0 Å². The van der Waals surface area contributed by atoms with Crippen LogP contribution in [0.1, 0.15) is 28.8 Å². The monoisotopic (exact) mass is 439 g/mol. The maximum Gasteiger partial charge on any atom is 0.275 e. The predicted octanol–water partition coefficient (Wildman–Crippen LogP) is 3.00. The van der Waals surface area contributed by atoms with Crippen LogP contribution in [0, 0.1) is 13.8 Å². The fourth-order valence-corrected chi connectivity index (χ4v) is 2.98. The number of hydrogen-bond acceptors (Lipinski definition) is 7. The van der Waals surface area contributed by atoms with Crippen molar-refractivity contribution in [3.63, 3.8) is 0 Å². The Hall–Kier alpha value is -3.43. The van der Waals surface area contributed by atoms with Crippen molar-refractivity contribution in [2.75, 3.05) is 17.7 Å². The van der Waals surface area contributed by atoms with Crippen molar-refractivity contribution >= 4 is 35.1 Å². The molecule has 3 rings (SSSR count). The number of aryl methyl sites for hydroxylation is 2. The Morgan fingerprint density at radius 2 is 1.65 bits per heavy atom. The molecule has 3 aromatic heterocycles. The topological polar surface area (TPSA) is 122 Å². The molecule has 0 fully saturated rings. The molecule has 31 heavy (non-hydrogen) atoms. The lowest BCUT2D eigenvalue weighted by Gasteiger charge is -2.15. The maximum atomic E-state index is 12.6. The summed E-state index contributed by atoms with van der Waals surface area (Å²) in [4.78, 5) is 41.9. The molecule has 0 aliphatic heterocycles. The van der Waals surface area contributed by atoms with E-state index in [1.807, 2.05) is 13.8 Å². The summed E-state index contributed by atoms with van der Waals surface area (Å²) >= 11 is 5.84. The molecular weight excluding hydrogens is 418 g/mol. The molecule has 0 aromatic carbocycles. The second kappa shape index (κ2) is 9.59. The number of hydrogen-bond donors (Lipinski definition) is 3. The van der Waals surface area contributed by atoms with Crippen molar-refractivity contribution in [1.82, 2.24) is 25.3 Å². The quantitative estimate of drug-likeness (QED) is 0.539. The van der Waals surface area contributed by atoms with Gasteiger partial charge in [-0.05, 0) is 57.6 Å². The number of amides is 2. The van der Waals surface area contributed by atoms with Gasteiger partial charge in [0.05, 0.1) is 11.1 Å². The first kappa shape index (κ1) is 22.3. The standard InChI is InChI=1S/C21H22ClN7O2/c1-11-19(12(2)26-10-25-11)14-7-17(28-20(30)13(3)23-4)27-18(8-14)29-21(31)16-6-5-15(22)9-24-16/h5-10,13,23H,1-4H3,(H2,27,28,29,30,31). The Labute approximate surface area is 184 Å². The molecule has 10 heteroatoms. The first-order valence-electron chi connectivity index (χ1n) is 9.50. The van der Waals surface area contributed by atoms with Gasteiger partial charge in [-0.25, -0.2) is 19.9 Å². The molecule has 0 aliphatic rings. The Morgan fingerprint density at radius 1 is 1.00 bits per heavy atom. The molecule has 1 atom stereocenters. The van der Waals surface area contributed by atoms with Crippen LogP contribution in [-0.2, 0) is 4.79 Å². The summed E-state index contributed by atoms with van der Waals surface area (Å²) < 4.78 is 0. The normalized spacial score (nSPS) is 11.6. The molecule has 9 nitrogen and oxygen atoms in total. The number of nitrogens with one attached hydrogen (secondary N) is 3. The van der Waals surface area contributed by atoms with E-state index in [-0.39, 0.29) is 23.2 Å². The van der Waals surface area contributed by atoms with Crippen molar-refractivity contribution in [2.45, 2.75) is 26.8 Å². The number of pyridine rings is 2. The fraction of sp³-hybridized carbons (Fsp3) is 0.238. The third-order valence-electron chi connectivity index (χ3n) is 4.62. The highest BCUT2D eigenvalue weighted by Crippen LogP contribution is 2.29. The zero-order valence-electron chi connectivity index (χ0n) is 17.5. The Morgan fingerprint density at radius 3 is 2.23 bits per heavy atom. The third-order valence-corrected chi connectivity index (χ3v) is 4.84. The average Bonchev–Trinajstić information content (AvgIpc) is 2.73. The zero-order chi connectivity index (χ0) is 22.5. The Balaban J connectivity index is 2.01. The van der Waals surface area contributed by atoms with E-state index in [2.05, 4.69) is 35.9 Å². The molecular formula is C21H22ClN7O2. The second-order valence-electron chi connectivity index (χ2n) is 6.86. The van der Waals surface area contributed by atoms with Gasteiger partial charge in [-0.3, -0.25) is 9.59 Å². The van der Waals surface area contributed by atoms with Crippen molar-refractivity contribution in [3.05, 3.63) is 58.9 Å². The second-order valence-corrected chi connectivity index (χ2v) is 7.30. The van der Waals surface area contributed by atoms with Gasteiger partial charge in [0.25, 0.3) is 5.91 Å². The molecule has 1 unspecified atom stereocenters. The molecule has 0 radical (unpaired) electrons. The van der Waals surface area contributed by atoms with Gasteiger partial charge in [-0.1, -0.05) is 11.6 Å². The molecule has 0 bridgehead atoms. The number of carbonyl (C=O) groups excluding carboxylic acids is 2. The van der Waals surface area contributed by atoms with Crippen molar-refractivity contribution in [2.24, 2.45) is 0 Å². The van der Waals surface area contributed by atoms with Gasteiger partial charge in [0.1, 0.15) is 23.7 Å². The Bertz CT molecular complexity index is 1100. The van der Waals surface area contributed by atoms with Gasteiger partial charge in [-0.2, -0.15) is 0 Å². The number of halogens is 1. The highest BCUT2D eigenvalue weighted by atomic mass is 35.5. The van der Waals surface area contributed by atoms with Crippen molar-refractivity contribution in [1.29, 1.82) is 0 Å². The highest BCUT2D eigenvalue weighted by Gasteiger charge is 2.17. The van der Waals surface area contributed by atoms with Crippen LogP contribution in [0.2, 0.25) is 5.02 Å². The molecule has 0 spiro atoms. The molecule has 2 amide bonds. The number of likely N-dealkylation sites (N-methyl/N-ethyl adjacent to an activating group) is 1. The van der Waals surface area contributed by atoms with E-state index in [1.165, 1.54) is 18.6 Å². The van der Waals surface area contributed by atoms with Crippen LogP contribution in [0.4, 0.5) is 11.6 Å². The lowest BCUT2D eigenvalue weighted by Crippen LogP contribution is -2.35. The highest BCUT2D eigenvalue weighted by molar-refractivity contribution is 6.30. The summed E-state index contributed by atoms with van der Waals surface area (Å²) in [5.74, 6) is -0.192. The smallest absolute Gasteiger partial charge is 0.275 e. The van der Waals surface area contributed by atoms with Gasteiger partial charge in [0, 0.05) is 23.1 Å². The van der Waals surface area contributed by atoms with Crippen LogP contribution < -0.4 is 16.0 Å². The summed E-state index contributed by atoms with van der Waals surface area (Å²) in [6.07, 6.45) is 2.88. The average molecular weight is 440 g/mol. The number of anilines is 2. The van der Waals surface area contributed by atoms with E-state index in [0.717, 1.165) is 17.0 Å². The fourth-order valence-electron chi connectivity index (χ4n) is 2.87. The molecule has 0 aliphatic carbocycles. The SMILES string of the molecule is CNC(C)C(=O)Nc1cc(-c2c(C)ncnc2C)cc(NC(=O)c2ccc(Cl)cn2)n1. The van der Waals surface area contributed by atoms with Crippen LogP contribution in [-0.4, -0.2) is 44.8 Å². The molecule has 3 aromatic rings. The van der Waals surface area contributed by atoms with E-state index in [4.69, 9.17) is 11.6 Å². The summed E-state index contributed by atoms with van der Waals surface area (Å²) in [6, 6.07) is 6.08. The van der Waals surface area contributed by atoms with E-state index < -0.39 is 11.9 Å². The van der Waals surface area contributed by atoms with Crippen LogP contribution in [0.25, 0.3) is 11.1 Å². The maximum absolute atomic E-state index is 12.6. The largest absolute Gasteiger partial charge is 0.309 e. The van der Waals surface area contributed by atoms with Gasteiger partial charge >= 0.3 is 0 Å². The molecule has 0 saturated heterocycles. The number of nitrogens with zero attached hydrogens (tertiary/aromatic N) is 4. The molecule has 3 heterocycles. The first-order valence-corrected chi connectivity index (χ1v) is 9.88. The van der Waals surface area contributed by atoms with E-state index in [1.54, 1.807) is 32.2 Å². The predicted molar refractivity (Wildman–Crippen MR) is 119 cm³/mol. The molecule has 3 N–H and O–H groups in total. The summed E-state index contributed by atoms with van der Waals surface area (Å²) in [5, 5.41) is 8.79. The minimum Gasteiger partial charge on any atom is -0.309 e. The third kappa shape index (κ3) is 5.39. The van der Waals surface area contributed by atoms with E-state index >= 15 is 0 Å². The van der Waals surface area contributed by atoms with Gasteiger partial charge in [0.2, 0.25) is 5.91 Å². The van der Waals surface area contributed by atoms with Gasteiger partial charge in [-0.15, -0.1) is 0 Å². The minimum absolute atomic E-state index is 0.182. The van der Waals surface area contributed by atoms with Crippen molar-refractivity contribution < 1.29 is 9.59 Å². The molecule has 160 valence electrons. The van der Waals surface area contributed by atoms with Crippen LogP contribution in [0.5, 0.6) is 0 Å². The lowest BCUT2D eigenvalue weighted by molar-refractivity contribution is -0.117. The van der Waals surface area contributed by atoms with Crippen LogP contribution in [0.15, 0.2) is 36.8 Å². The molecule has 0 saturated carbocycles.